The standard InChI is InChI=1S/C24H30N2O3/c1-18(2)14-17-29-22-12-8-19(9-13-22)23(27)25-21-10-6-20(7-11-21)24(28)26-15-4-3-5-16-26/h6-13,18H,3-5,14-17H2,1-2H3,(H,25,27). The van der Waals surface area contributed by atoms with E-state index in [2.05, 4.69) is 19.2 Å². The molecule has 29 heavy (non-hydrogen) atoms. The number of amides is 2. The van der Waals surface area contributed by atoms with Gasteiger partial charge >= 0.3 is 0 Å². The Morgan fingerprint density at radius 1 is 0.931 bits per heavy atom. The van der Waals surface area contributed by atoms with Gasteiger partial charge in [0.1, 0.15) is 5.75 Å². The number of benzene rings is 2. The van der Waals surface area contributed by atoms with Crippen LogP contribution in [0, 0.1) is 5.92 Å². The molecular weight excluding hydrogens is 364 g/mol. The van der Waals surface area contributed by atoms with Gasteiger partial charge in [0.2, 0.25) is 0 Å². The van der Waals surface area contributed by atoms with Crippen LogP contribution < -0.4 is 10.1 Å². The summed E-state index contributed by atoms with van der Waals surface area (Å²) in [5.74, 6) is 1.24. The fourth-order valence-electron chi connectivity index (χ4n) is 3.29. The van der Waals surface area contributed by atoms with E-state index in [1.54, 1.807) is 36.4 Å². The molecule has 5 nitrogen and oxygen atoms in total. The molecule has 1 fully saturated rings. The van der Waals surface area contributed by atoms with Gasteiger partial charge in [0.05, 0.1) is 6.61 Å². The number of nitrogens with zero attached hydrogens (tertiary/aromatic N) is 1. The number of likely N-dealkylation sites (tertiary alicyclic amines) is 1. The van der Waals surface area contributed by atoms with E-state index in [1.165, 1.54) is 6.42 Å². The van der Waals surface area contributed by atoms with E-state index in [9.17, 15) is 9.59 Å². The third-order valence-corrected chi connectivity index (χ3v) is 5.11. The second-order valence-corrected chi connectivity index (χ2v) is 7.94. The first-order valence-corrected chi connectivity index (χ1v) is 10.5. The van der Waals surface area contributed by atoms with Crippen LogP contribution in [0.3, 0.4) is 0 Å². The molecule has 1 aliphatic rings. The Bertz CT molecular complexity index is 807. The Labute approximate surface area is 173 Å². The summed E-state index contributed by atoms with van der Waals surface area (Å²) >= 11 is 0. The van der Waals surface area contributed by atoms with Crippen LogP contribution in [0.1, 0.15) is 60.2 Å². The first-order valence-electron chi connectivity index (χ1n) is 10.5. The number of carbonyl (C=O) groups excluding carboxylic acids is 2. The molecule has 154 valence electrons. The smallest absolute Gasteiger partial charge is 0.255 e. The summed E-state index contributed by atoms with van der Waals surface area (Å²) in [6.07, 6.45) is 4.33. The van der Waals surface area contributed by atoms with Gasteiger partial charge in [-0.25, -0.2) is 0 Å². The lowest BCUT2D eigenvalue weighted by atomic mass is 10.1. The van der Waals surface area contributed by atoms with Crippen LogP contribution in [0.5, 0.6) is 5.75 Å². The fraction of sp³-hybridized carbons (Fsp3) is 0.417. The van der Waals surface area contributed by atoms with Crippen LogP contribution in [-0.4, -0.2) is 36.4 Å². The molecule has 0 unspecified atom stereocenters. The van der Waals surface area contributed by atoms with Crippen LogP contribution in [-0.2, 0) is 0 Å². The summed E-state index contributed by atoms with van der Waals surface area (Å²) < 4.78 is 5.69. The van der Waals surface area contributed by atoms with Gasteiger partial charge in [0, 0.05) is 29.9 Å². The van der Waals surface area contributed by atoms with Crippen molar-refractivity contribution in [3.63, 3.8) is 0 Å². The quantitative estimate of drug-likeness (QED) is 0.720. The first-order chi connectivity index (χ1) is 14.0. The normalized spacial score (nSPS) is 14.0. The SMILES string of the molecule is CC(C)CCOc1ccc(C(=O)Nc2ccc(C(=O)N3CCCCC3)cc2)cc1. The Morgan fingerprint density at radius 2 is 1.55 bits per heavy atom. The highest BCUT2D eigenvalue weighted by Crippen LogP contribution is 2.18. The molecular formula is C24H30N2O3. The Morgan fingerprint density at radius 3 is 2.17 bits per heavy atom. The van der Waals surface area contributed by atoms with Gasteiger partial charge in [0.25, 0.3) is 11.8 Å². The molecule has 1 aliphatic heterocycles. The molecule has 0 saturated carbocycles. The van der Waals surface area contributed by atoms with Crippen molar-refractivity contribution in [3.8, 4) is 5.75 Å². The summed E-state index contributed by atoms with van der Waals surface area (Å²) in [5, 5.41) is 2.88. The van der Waals surface area contributed by atoms with Gasteiger partial charge in [-0.15, -0.1) is 0 Å². The second-order valence-electron chi connectivity index (χ2n) is 7.94. The molecule has 2 aromatic carbocycles. The third kappa shape index (κ3) is 6.08. The zero-order chi connectivity index (χ0) is 20.6. The number of anilines is 1. The van der Waals surface area contributed by atoms with E-state index in [4.69, 9.17) is 4.74 Å². The highest BCUT2D eigenvalue weighted by molar-refractivity contribution is 6.04. The molecule has 0 aliphatic carbocycles. The number of hydrogen-bond acceptors (Lipinski definition) is 3. The predicted octanol–water partition coefficient (Wildman–Crippen LogP) is 4.99. The van der Waals surface area contributed by atoms with Gasteiger partial charge in [0.15, 0.2) is 0 Å². The minimum Gasteiger partial charge on any atom is -0.494 e. The van der Waals surface area contributed by atoms with Crippen LogP contribution in [0.25, 0.3) is 0 Å². The van der Waals surface area contributed by atoms with E-state index < -0.39 is 0 Å². The molecule has 0 bridgehead atoms. The van der Waals surface area contributed by atoms with Gasteiger partial charge in [-0.2, -0.15) is 0 Å². The minimum absolute atomic E-state index is 0.0654. The van der Waals surface area contributed by atoms with Crippen LogP contribution >= 0.6 is 0 Å². The zero-order valence-corrected chi connectivity index (χ0v) is 17.3. The van der Waals surface area contributed by atoms with Gasteiger partial charge < -0.3 is 15.0 Å². The number of hydrogen-bond donors (Lipinski definition) is 1. The van der Waals surface area contributed by atoms with Crippen molar-refractivity contribution in [2.75, 3.05) is 25.0 Å². The van der Waals surface area contributed by atoms with Crippen molar-refractivity contribution in [2.45, 2.75) is 39.5 Å². The van der Waals surface area contributed by atoms with E-state index in [1.807, 2.05) is 17.0 Å². The number of ether oxygens (including phenoxy) is 1. The summed E-state index contributed by atoms with van der Waals surface area (Å²) in [7, 11) is 0. The van der Waals surface area contributed by atoms with Crippen molar-refractivity contribution in [1.29, 1.82) is 0 Å². The number of nitrogens with one attached hydrogen (secondary N) is 1. The molecule has 1 saturated heterocycles. The van der Waals surface area contributed by atoms with Crippen LogP contribution in [0.2, 0.25) is 0 Å². The lowest BCUT2D eigenvalue weighted by molar-refractivity contribution is 0.0724. The molecule has 1 N–H and O–H groups in total. The topological polar surface area (TPSA) is 58.6 Å². The fourth-order valence-corrected chi connectivity index (χ4v) is 3.29. The third-order valence-electron chi connectivity index (χ3n) is 5.11. The highest BCUT2D eigenvalue weighted by atomic mass is 16.5. The Kier molecular flexibility index (Phi) is 7.28. The van der Waals surface area contributed by atoms with Crippen LogP contribution in [0.15, 0.2) is 48.5 Å². The molecule has 0 spiro atoms. The summed E-state index contributed by atoms with van der Waals surface area (Å²) in [6, 6.07) is 14.3. The maximum absolute atomic E-state index is 12.5. The molecule has 3 rings (SSSR count). The monoisotopic (exact) mass is 394 g/mol. The number of piperidine rings is 1. The Hall–Kier alpha value is -2.82. The largest absolute Gasteiger partial charge is 0.494 e. The lowest BCUT2D eigenvalue weighted by Gasteiger charge is -2.26. The minimum atomic E-state index is -0.186. The summed E-state index contributed by atoms with van der Waals surface area (Å²) in [4.78, 5) is 26.9. The van der Waals surface area contributed by atoms with Gasteiger partial charge in [-0.3, -0.25) is 9.59 Å². The molecule has 2 amide bonds. The predicted molar refractivity (Wildman–Crippen MR) is 116 cm³/mol. The van der Waals surface area contributed by atoms with Crippen molar-refractivity contribution < 1.29 is 14.3 Å². The average Bonchev–Trinajstić information content (AvgIpc) is 2.74. The number of carbonyl (C=O) groups is 2. The van der Waals surface area contributed by atoms with E-state index in [-0.39, 0.29) is 11.8 Å². The highest BCUT2D eigenvalue weighted by Gasteiger charge is 2.18. The molecule has 5 heteroatoms. The van der Waals surface area contributed by atoms with Gasteiger partial charge in [-0.05, 0) is 80.1 Å². The maximum Gasteiger partial charge on any atom is 0.255 e. The Balaban J connectivity index is 1.54. The summed E-state index contributed by atoms with van der Waals surface area (Å²) in [6.45, 7) is 6.65. The van der Waals surface area contributed by atoms with E-state index in [0.29, 0.717) is 29.3 Å². The molecule has 2 aromatic rings. The second kappa shape index (κ2) is 10.1. The van der Waals surface area contributed by atoms with Crippen LogP contribution in [0.4, 0.5) is 5.69 Å². The van der Waals surface area contributed by atoms with Crippen molar-refractivity contribution in [3.05, 3.63) is 59.7 Å². The van der Waals surface area contributed by atoms with Crippen molar-refractivity contribution in [2.24, 2.45) is 5.92 Å². The number of rotatable bonds is 7. The molecule has 0 atom stereocenters. The van der Waals surface area contributed by atoms with E-state index in [0.717, 1.165) is 38.1 Å². The zero-order valence-electron chi connectivity index (χ0n) is 17.3. The van der Waals surface area contributed by atoms with Crippen molar-refractivity contribution >= 4 is 17.5 Å². The average molecular weight is 395 g/mol. The maximum atomic E-state index is 12.5. The van der Waals surface area contributed by atoms with Crippen molar-refractivity contribution in [1.82, 2.24) is 4.90 Å². The van der Waals surface area contributed by atoms with Gasteiger partial charge in [-0.1, -0.05) is 13.8 Å². The molecule has 0 aromatic heterocycles. The molecule has 1 heterocycles. The van der Waals surface area contributed by atoms with E-state index >= 15 is 0 Å². The first kappa shape index (κ1) is 20.9. The molecule has 0 radical (unpaired) electrons. The summed E-state index contributed by atoms with van der Waals surface area (Å²) in [5.41, 5.74) is 1.89. The lowest BCUT2D eigenvalue weighted by Crippen LogP contribution is -2.35.